The predicted octanol–water partition coefficient (Wildman–Crippen LogP) is 3.50. The van der Waals surface area contributed by atoms with Crippen LogP contribution in [0, 0.1) is 5.92 Å². The van der Waals surface area contributed by atoms with Crippen LogP contribution >= 0.6 is 11.8 Å². The Bertz CT molecular complexity index is 900. The molecule has 2 rings (SSSR count). The fourth-order valence-electron chi connectivity index (χ4n) is 3.00. The standard InChI is InChI=1S/C20H28N2O4S2/c1-15(2)10-12-22(19(11-13-27-3)20(23)21-24)28(25,26)18-9-8-16-6-4-5-7-17(16)14-18/h4-9,14-15,19,24H,10-13H2,1-3H3,(H,21,23). The molecule has 2 aromatic carbocycles. The third-order valence-corrected chi connectivity index (χ3v) is 7.16. The fraction of sp³-hybridized carbons (Fsp3) is 0.450. The zero-order valence-corrected chi connectivity index (χ0v) is 18.1. The Kier molecular flexibility index (Phi) is 8.30. The summed E-state index contributed by atoms with van der Waals surface area (Å²) in [4.78, 5) is 12.5. The maximum atomic E-state index is 13.5. The summed E-state index contributed by atoms with van der Waals surface area (Å²) in [7, 11) is -3.92. The Morgan fingerprint density at radius 2 is 1.82 bits per heavy atom. The number of hydroxylamine groups is 1. The van der Waals surface area contributed by atoms with Gasteiger partial charge in [0.15, 0.2) is 0 Å². The van der Waals surface area contributed by atoms with Gasteiger partial charge in [-0.05, 0) is 53.7 Å². The number of carbonyl (C=O) groups is 1. The summed E-state index contributed by atoms with van der Waals surface area (Å²) >= 11 is 1.52. The van der Waals surface area contributed by atoms with Crippen LogP contribution in [0.4, 0.5) is 0 Å². The van der Waals surface area contributed by atoms with Crippen LogP contribution in [-0.4, -0.2) is 48.4 Å². The molecule has 0 saturated carbocycles. The molecule has 6 nitrogen and oxygen atoms in total. The lowest BCUT2D eigenvalue weighted by atomic mass is 10.1. The lowest BCUT2D eigenvalue weighted by Crippen LogP contribution is -2.49. The van der Waals surface area contributed by atoms with E-state index in [1.807, 2.05) is 44.4 Å². The zero-order chi connectivity index (χ0) is 20.7. The molecule has 28 heavy (non-hydrogen) atoms. The van der Waals surface area contributed by atoms with Gasteiger partial charge in [0.1, 0.15) is 6.04 Å². The largest absolute Gasteiger partial charge is 0.289 e. The molecule has 2 N–H and O–H groups in total. The van der Waals surface area contributed by atoms with Gasteiger partial charge >= 0.3 is 0 Å². The maximum Gasteiger partial charge on any atom is 0.261 e. The molecule has 1 amide bonds. The Hall–Kier alpha value is -1.61. The number of benzene rings is 2. The quantitative estimate of drug-likeness (QED) is 0.450. The van der Waals surface area contributed by atoms with Crippen molar-refractivity contribution in [2.45, 2.75) is 37.6 Å². The molecule has 2 aromatic rings. The van der Waals surface area contributed by atoms with Crippen molar-refractivity contribution in [2.75, 3.05) is 18.6 Å². The van der Waals surface area contributed by atoms with Gasteiger partial charge in [0.05, 0.1) is 4.90 Å². The van der Waals surface area contributed by atoms with E-state index in [0.717, 1.165) is 10.8 Å². The first kappa shape index (κ1) is 22.7. The van der Waals surface area contributed by atoms with E-state index in [1.54, 1.807) is 23.7 Å². The normalized spacial score (nSPS) is 13.2. The third kappa shape index (κ3) is 5.47. The van der Waals surface area contributed by atoms with Crippen molar-refractivity contribution in [3.8, 4) is 0 Å². The van der Waals surface area contributed by atoms with Crippen molar-refractivity contribution in [1.82, 2.24) is 9.79 Å². The van der Waals surface area contributed by atoms with Crippen LogP contribution in [0.3, 0.4) is 0 Å². The lowest BCUT2D eigenvalue weighted by molar-refractivity contribution is -0.133. The predicted molar refractivity (Wildman–Crippen MR) is 114 cm³/mol. The van der Waals surface area contributed by atoms with E-state index < -0.39 is 22.0 Å². The molecule has 1 atom stereocenters. The van der Waals surface area contributed by atoms with E-state index in [-0.39, 0.29) is 17.4 Å². The molecule has 0 radical (unpaired) electrons. The number of nitrogens with zero attached hydrogens (tertiary/aromatic N) is 1. The van der Waals surface area contributed by atoms with E-state index in [4.69, 9.17) is 0 Å². The highest BCUT2D eigenvalue weighted by atomic mass is 32.2. The number of nitrogens with one attached hydrogen (secondary N) is 1. The number of sulfonamides is 1. The van der Waals surface area contributed by atoms with Gasteiger partial charge in [0.2, 0.25) is 10.0 Å². The Morgan fingerprint density at radius 3 is 2.43 bits per heavy atom. The van der Waals surface area contributed by atoms with Crippen molar-refractivity contribution in [1.29, 1.82) is 0 Å². The van der Waals surface area contributed by atoms with Gasteiger partial charge in [-0.15, -0.1) is 0 Å². The number of carbonyl (C=O) groups excluding carboxylic acids is 1. The number of amides is 1. The number of hydrogen-bond acceptors (Lipinski definition) is 5. The molecular weight excluding hydrogens is 396 g/mol. The Morgan fingerprint density at radius 1 is 1.14 bits per heavy atom. The van der Waals surface area contributed by atoms with Crippen LogP contribution < -0.4 is 5.48 Å². The number of thioether (sulfide) groups is 1. The molecule has 1 unspecified atom stereocenters. The van der Waals surface area contributed by atoms with Gasteiger partial charge < -0.3 is 0 Å². The minimum absolute atomic E-state index is 0.148. The smallest absolute Gasteiger partial charge is 0.261 e. The Balaban J connectivity index is 2.49. The van der Waals surface area contributed by atoms with Gasteiger partial charge in [0, 0.05) is 6.54 Å². The van der Waals surface area contributed by atoms with Crippen molar-refractivity contribution >= 4 is 38.5 Å². The average Bonchev–Trinajstić information content (AvgIpc) is 2.69. The summed E-state index contributed by atoms with van der Waals surface area (Å²) in [6, 6.07) is 11.5. The van der Waals surface area contributed by atoms with Crippen molar-refractivity contribution < 1.29 is 18.4 Å². The van der Waals surface area contributed by atoms with Gasteiger partial charge in [-0.2, -0.15) is 16.1 Å². The van der Waals surface area contributed by atoms with Crippen molar-refractivity contribution in [3.05, 3.63) is 42.5 Å². The minimum Gasteiger partial charge on any atom is -0.289 e. The van der Waals surface area contributed by atoms with Gasteiger partial charge in [-0.1, -0.05) is 44.2 Å². The first-order valence-electron chi connectivity index (χ1n) is 9.24. The molecule has 8 heteroatoms. The fourth-order valence-corrected chi connectivity index (χ4v) is 5.13. The van der Waals surface area contributed by atoms with Crippen LogP contribution in [-0.2, 0) is 14.8 Å². The minimum atomic E-state index is -3.92. The molecule has 0 aliphatic heterocycles. The molecule has 0 saturated heterocycles. The molecule has 0 spiro atoms. The topological polar surface area (TPSA) is 86.7 Å². The number of fused-ring (bicyclic) bond motifs is 1. The summed E-state index contributed by atoms with van der Waals surface area (Å²) in [5, 5.41) is 10.9. The molecule has 0 aliphatic carbocycles. The van der Waals surface area contributed by atoms with Crippen molar-refractivity contribution in [2.24, 2.45) is 5.92 Å². The molecule has 0 heterocycles. The summed E-state index contributed by atoms with van der Waals surface area (Å²) in [6.07, 6.45) is 2.82. The van der Waals surface area contributed by atoms with Gasteiger partial charge in [-0.25, -0.2) is 13.9 Å². The highest BCUT2D eigenvalue weighted by Crippen LogP contribution is 2.25. The summed E-state index contributed by atoms with van der Waals surface area (Å²) in [5.41, 5.74) is 1.64. The van der Waals surface area contributed by atoms with Crippen LogP contribution in [0.1, 0.15) is 26.7 Å². The summed E-state index contributed by atoms with van der Waals surface area (Å²) in [5.74, 6) is 0.165. The SMILES string of the molecule is CSCCC(C(=O)NO)N(CCC(C)C)S(=O)(=O)c1ccc2ccccc2c1. The van der Waals surface area contributed by atoms with E-state index in [9.17, 15) is 18.4 Å². The first-order valence-corrected chi connectivity index (χ1v) is 12.1. The second kappa shape index (κ2) is 10.2. The Labute approximate surface area is 171 Å². The van der Waals surface area contributed by atoms with Gasteiger partial charge in [-0.3, -0.25) is 10.0 Å². The highest BCUT2D eigenvalue weighted by Gasteiger charge is 2.35. The number of hydrogen-bond donors (Lipinski definition) is 2. The average molecular weight is 425 g/mol. The monoisotopic (exact) mass is 424 g/mol. The molecular formula is C20H28N2O4S2. The summed E-state index contributed by atoms with van der Waals surface area (Å²) in [6.45, 7) is 4.22. The van der Waals surface area contributed by atoms with E-state index >= 15 is 0 Å². The van der Waals surface area contributed by atoms with Crippen LogP contribution in [0.2, 0.25) is 0 Å². The van der Waals surface area contributed by atoms with Crippen LogP contribution in [0.25, 0.3) is 10.8 Å². The lowest BCUT2D eigenvalue weighted by Gasteiger charge is -2.30. The second-order valence-electron chi connectivity index (χ2n) is 7.08. The first-order chi connectivity index (χ1) is 13.3. The molecule has 0 aromatic heterocycles. The molecule has 154 valence electrons. The molecule has 0 bridgehead atoms. The van der Waals surface area contributed by atoms with E-state index in [1.165, 1.54) is 16.1 Å². The van der Waals surface area contributed by atoms with E-state index in [2.05, 4.69) is 0 Å². The highest BCUT2D eigenvalue weighted by molar-refractivity contribution is 7.98. The molecule has 0 aliphatic rings. The second-order valence-corrected chi connectivity index (χ2v) is 9.96. The number of rotatable bonds is 10. The maximum absolute atomic E-state index is 13.5. The third-order valence-electron chi connectivity index (χ3n) is 4.61. The summed E-state index contributed by atoms with van der Waals surface area (Å²) < 4.78 is 28.2. The zero-order valence-electron chi connectivity index (χ0n) is 16.5. The molecule has 0 fully saturated rings. The van der Waals surface area contributed by atoms with Gasteiger partial charge in [0.25, 0.3) is 5.91 Å². The van der Waals surface area contributed by atoms with Crippen molar-refractivity contribution in [3.63, 3.8) is 0 Å². The van der Waals surface area contributed by atoms with E-state index in [0.29, 0.717) is 18.6 Å². The van der Waals surface area contributed by atoms with Crippen LogP contribution in [0.5, 0.6) is 0 Å². The van der Waals surface area contributed by atoms with Crippen LogP contribution in [0.15, 0.2) is 47.4 Å².